The van der Waals surface area contributed by atoms with Gasteiger partial charge in [0, 0.05) is 12.0 Å². The van der Waals surface area contributed by atoms with Gasteiger partial charge in [0.25, 0.3) is 0 Å². The molecule has 0 spiro atoms. The molecule has 1 saturated heterocycles. The van der Waals surface area contributed by atoms with Crippen LogP contribution in [0.5, 0.6) is 0 Å². The second-order valence-electron chi connectivity index (χ2n) is 3.29. The first-order valence-electron chi connectivity index (χ1n) is 4.09. The van der Waals surface area contributed by atoms with Crippen LogP contribution in [0.4, 0.5) is 0 Å². The summed E-state index contributed by atoms with van der Waals surface area (Å²) in [5, 5.41) is 8.77. The van der Waals surface area contributed by atoms with Gasteiger partial charge in [-0.1, -0.05) is 0 Å². The molecule has 1 atom stereocenters. The number of hydrogen-bond acceptors (Lipinski definition) is 5. The monoisotopic (exact) mass is 253 g/mol. The number of rotatable bonds is 3. The number of carbonyl (C=O) groups excluding carboxylic acids is 1. The zero-order chi connectivity index (χ0) is 11.6. The highest BCUT2D eigenvalue weighted by Crippen LogP contribution is 2.21. The minimum Gasteiger partial charge on any atom is -0.480 e. The number of nitrogens with zero attached hydrogens (tertiary/aromatic N) is 1. The Morgan fingerprint density at radius 2 is 2.13 bits per heavy atom. The van der Waals surface area contributed by atoms with E-state index in [1.807, 2.05) is 0 Å². The molecular formula is C7H11NO5S2. The molecule has 0 aliphatic carbocycles. The topological polar surface area (TPSA) is 91.8 Å². The Balaban J connectivity index is 2.71. The fraction of sp³-hybridized carbons (Fsp3) is 0.714. The fourth-order valence-corrected chi connectivity index (χ4v) is 2.99. The van der Waals surface area contributed by atoms with Gasteiger partial charge in [-0.25, -0.2) is 13.2 Å². The van der Waals surface area contributed by atoms with Gasteiger partial charge in [0.1, 0.15) is 11.8 Å². The number of carboxylic acids is 1. The lowest BCUT2D eigenvalue weighted by molar-refractivity contribution is -0.146. The second kappa shape index (κ2) is 4.40. The van der Waals surface area contributed by atoms with Crippen molar-refractivity contribution in [3.63, 3.8) is 0 Å². The van der Waals surface area contributed by atoms with Gasteiger partial charge in [-0.15, -0.1) is 11.8 Å². The van der Waals surface area contributed by atoms with Gasteiger partial charge < -0.3 is 10.0 Å². The quantitative estimate of drug-likeness (QED) is 0.695. The average Bonchev–Trinajstić information content (AvgIpc) is 2.47. The maximum absolute atomic E-state index is 11.4. The van der Waals surface area contributed by atoms with E-state index in [-0.39, 0.29) is 5.88 Å². The molecule has 15 heavy (non-hydrogen) atoms. The third kappa shape index (κ3) is 3.38. The summed E-state index contributed by atoms with van der Waals surface area (Å²) in [4.78, 5) is 23.3. The van der Waals surface area contributed by atoms with Crippen molar-refractivity contribution in [2.75, 3.05) is 23.6 Å². The first-order chi connectivity index (χ1) is 6.81. The van der Waals surface area contributed by atoms with Crippen LogP contribution >= 0.6 is 11.8 Å². The molecule has 0 unspecified atom stereocenters. The molecule has 0 bridgehead atoms. The lowest BCUT2D eigenvalue weighted by Crippen LogP contribution is -2.44. The van der Waals surface area contributed by atoms with E-state index in [1.54, 1.807) is 0 Å². The summed E-state index contributed by atoms with van der Waals surface area (Å²) in [6, 6.07) is -0.899. The molecule has 1 N–H and O–H groups in total. The standard InChI is InChI=1S/C7H11NO5S2/c1-15(12,13)3-6(9)8-4-14-2-5(8)7(10)11/h5H,2-4H2,1H3,(H,10,11)/t5-/m0/s1. The third-order valence-corrected chi connectivity index (χ3v) is 3.66. The molecule has 0 aromatic carbocycles. The Labute approximate surface area is 91.5 Å². The lowest BCUT2D eigenvalue weighted by atomic mass is 10.3. The van der Waals surface area contributed by atoms with Crippen LogP contribution < -0.4 is 0 Å². The second-order valence-corrected chi connectivity index (χ2v) is 6.43. The van der Waals surface area contributed by atoms with Crippen molar-refractivity contribution in [3.8, 4) is 0 Å². The van der Waals surface area contributed by atoms with E-state index in [0.29, 0.717) is 5.75 Å². The summed E-state index contributed by atoms with van der Waals surface area (Å²) in [6.07, 6.45) is 0.948. The molecule has 1 aliphatic rings. The smallest absolute Gasteiger partial charge is 0.327 e. The average molecular weight is 253 g/mol. The molecular weight excluding hydrogens is 242 g/mol. The van der Waals surface area contributed by atoms with Crippen molar-refractivity contribution in [1.82, 2.24) is 4.90 Å². The van der Waals surface area contributed by atoms with Crippen molar-refractivity contribution in [2.24, 2.45) is 0 Å². The van der Waals surface area contributed by atoms with E-state index in [1.165, 1.54) is 11.8 Å². The zero-order valence-corrected chi connectivity index (χ0v) is 9.68. The van der Waals surface area contributed by atoms with Crippen LogP contribution in [0.3, 0.4) is 0 Å². The van der Waals surface area contributed by atoms with Crippen LogP contribution in [0.15, 0.2) is 0 Å². The summed E-state index contributed by atoms with van der Waals surface area (Å²) in [5.41, 5.74) is 0. The molecule has 8 heteroatoms. The van der Waals surface area contributed by atoms with Crippen molar-refractivity contribution < 1.29 is 23.1 Å². The Morgan fingerprint density at radius 3 is 2.60 bits per heavy atom. The molecule has 1 amide bonds. The molecule has 1 aliphatic heterocycles. The van der Waals surface area contributed by atoms with Crippen LogP contribution in [0.25, 0.3) is 0 Å². The Morgan fingerprint density at radius 1 is 1.53 bits per heavy atom. The maximum atomic E-state index is 11.4. The van der Waals surface area contributed by atoms with Crippen molar-refractivity contribution in [3.05, 3.63) is 0 Å². The first-order valence-corrected chi connectivity index (χ1v) is 7.30. The summed E-state index contributed by atoms with van der Waals surface area (Å²) in [7, 11) is -3.40. The third-order valence-electron chi connectivity index (χ3n) is 1.87. The summed E-state index contributed by atoms with van der Waals surface area (Å²) < 4.78 is 21.7. The summed E-state index contributed by atoms with van der Waals surface area (Å²) >= 11 is 1.30. The highest BCUT2D eigenvalue weighted by atomic mass is 32.2. The van der Waals surface area contributed by atoms with Gasteiger partial charge in [-0.05, 0) is 0 Å². The van der Waals surface area contributed by atoms with Crippen LogP contribution in [0.1, 0.15) is 0 Å². The van der Waals surface area contributed by atoms with Gasteiger partial charge in [0.05, 0.1) is 5.88 Å². The molecule has 0 saturated carbocycles. The number of amides is 1. The van der Waals surface area contributed by atoms with Gasteiger partial charge in [-0.2, -0.15) is 0 Å². The van der Waals surface area contributed by atoms with E-state index >= 15 is 0 Å². The molecule has 1 heterocycles. The molecule has 0 radical (unpaired) electrons. The van der Waals surface area contributed by atoms with Crippen LogP contribution in [0, 0.1) is 0 Å². The number of carbonyl (C=O) groups is 2. The lowest BCUT2D eigenvalue weighted by Gasteiger charge is -2.19. The van der Waals surface area contributed by atoms with E-state index in [2.05, 4.69) is 0 Å². The van der Waals surface area contributed by atoms with Gasteiger partial charge in [0.2, 0.25) is 5.91 Å². The number of sulfone groups is 1. The summed E-state index contributed by atoms with van der Waals surface area (Å²) in [6.45, 7) is 0. The number of hydrogen-bond donors (Lipinski definition) is 1. The predicted molar refractivity (Wildman–Crippen MR) is 55.3 cm³/mol. The van der Waals surface area contributed by atoms with E-state index in [9.17, 15) is 18.0 Å². The Bertz CT molecular complexity index is 377. The highest BCUT2D eigenvalue weighted by Gasteiger charge is 2.35. The molecule has 0 aromatic rings. The van der Waals surface area contributed by atoms with Gasteiger partial charge >= 0.3 is 5.97 Å². The minimum atomic E-state index is -3.40. The normalized spacial score (nSPS) is 21.7. The summed E-state index contributed by atoms with van der Waals surface area (Å²) in [5.74, 6) is -1.82. The first kappa shape index (κ1) is 12.3. The van der Waals surface area contributed by atoms with Crippen molar-refractivity contribution in [2.45, 2.75) is 6.04 Å². The van der Waals surface area contributed by atoms with Crippen molar-refractivity contribution >= 4 is 33.5 Å². The maximum Gasteiger partial charge on any atom is 0.327 e. The molecule has 1 rings (SSSR count). The molecule has 86 valence electrons. The SMILES string of the molecule is CS(=O)(=O)CC(=O)N1CSC[C@H]1C(=O)O. The molecule has 0 aromatic heterocycles. The van der Waals surface area contributed by atoms with Crippen molar-refractivity contribution in [1.29, 1.82) is 0 Å². The van der Waals surface area contributed by atoms with E-state index < -0.39 is 33.5 Å². The minimum absolute atomic E-state index is 0.241. The fourth-order valence-electron chi connectivity index (χ4n) is 1.20. The number of aliphatic carboxylic acids is 1. The Hall–Kier alpha value is -0.760. The van der Waals surface area contributed by atoms with E-state index in [4.69, 9.17) is 5.11 Å². The number of carboxylic acid groups (broad SMARTS) is 1. The molecule has 6 nitrogen and oxygen atoms in total. The zero-order valence-electron chi connectivity index (χ0n) is 8.04. The van der Waals surface area contributed by atoms with Gasteiger partial charge in [-0.3, -0.25) is 4.79 Å². The highest BCUT2D eigenvalue weighted by molar-refractivity contribution is 7.99. The molecule has 1 fully saturated rings. The van der Waals surface area contributed by atoms with E-state index in [0.717, 1.165) is 11.2 Å². The van der Waals surface area contributed by atoms with Gasteiger partial charge in [0.15, 0.2) is 9.84 Å². The van der Waals surface area contributed by atoms with Crippen LogP contribution in [0.2, 0.25) is 0 Å². The largest absolute Gasteiger partial charge is 0.480 e. The van der Waals surface area contributed by atoms with Crippen LogP contribution in [-0.4, -0.2) is 60.0 Å². The number of thioether (sulfide) groups is 1. The predicted octanol–water partition coefficient (Wildman–Crippen LogP) is -0.983. The van der Waals surface area contributed by atoms with Crippen LogP contribution in [-0.2, 0) is 19.4 Å². The Kier molecular flexibility index (Phi) is 3.61.